The average molecular weight is 302 g/mol. The molecule has 0 bridgehead atoms. The summed E-state index contributed by atoms with van der Waals surface area (Å²) in [6, 6.07) is 0. The van der Waals surface area contributed by atoms with Crippen LogP contribution < -0.4 is 0 Å². The van der Waals surface area contributed by atoms with Crippen molar-refractivity contribution in [1.82, 2.24) is 14.9 Å². The molecule has 0 aliphatic carbocycles. The minimum Gasteiger partial charge on any atom is -0.469 e. The van der Waals surface area contributed by atoms with E-state index in [0.29, 0.717) is 13.2 Å². The van der Waals surface area contributed by atoms with Crippen LogP contribution in [0.2, 0.25) is 5.15 Å². The quantitative estimate of drug-likeness (QED) is 0.692. The summed E-state index contributed by atoms with van der Waals surface area (Å²) in [5.41, 5.74) is 0.124. The third-order valence-electron chi connectivity index (χ3n) is 2.49. The summed E-state index contributed by atoms with van der Waals surface area (Å²) in [5, 5.41) is 0.135. The number of esters is 1. The summed E-state index contributed by atoms with van der Waals surface area (Å²) in [6.45, 7) is 0.893. The molecule has 0 spiro atoms. The van der Waals surface area contributed by atoms with Crippen LogP contribution in [-0.4, -0.2) is 60.7 Å². The lowest BCUT2D eigenvalue weighted by atomic mass is 10.3. The molecule has 1 aromatic rings. The second kappa shape index (κ2) is 8.44. The van der Waals surface area contributed by atoms with Gasteiger partial charge in [0, 0.05) is 20.2 Å². The summed E-state index contributed by atoms with van der Waals surface area (Å²) < 4.78 is 9.50. The molecule has 0 N–H and O–H groups in total. The van der Waals surface area contributed by atoms with E-state index in [4.69, 9.17) is 16.3 Å². The van der Waals surface area contributed by atoms with Gasteiger partial charge in [-0.3, -0.25) is 14.6 Å². The van der Waals surface area contributed by atoms with Crippen molar-refractivity contribution in [3.63, 3.8) is 0 Å². The molecular weight excluding hydrogens is 286 g/mol. The Morgan fingerprint density at radius 2 is 2.05 bits per heavy atom. The van der Waals surface area contributed by atoms with E-state index in [9.17, 15) is 9.59 Å². The van der Waals surface area contributed by atoms with Gasteiger partial charge < -0.3 is 14.4 Å². The van der Waals surface area contributed by atoms with Crippen LogP contribution >= 0.6 is 11.6 Å². The number of methoxy groups -OCH3 is 2. The monoisotopic (exact) mass is 301 g/mol. The molecule has 0 radical (unpaired) electrons. The standard InChI is InChI=1S/C12H16ClN3O4/c1-19-6-5-16(4-3-11(17)20-2)12(18)9-7-14-8-10(13)15-9/h7-8H,3-6H2,1-2H3. The maximum atomic E-state index is 12.3. The van der Waals surface area contributed by atoms with Crippen LogP contribution in [0.25, 0.3) is 0 Å². The van der Waals surface area contributed by atoms with Gasteiger partial charge in [-0.1, -0.05) is 11.6 Å². The zero-order valence-corrected chi connectivity index (χ0v) is 12.1. The summed E-state index contributed by atoms with van der Waals surface area (Å²) in [4.78, 5) is 32.6. The number of halogens is 1. The highest BCUT2D eigenvalue weighted by molar-refractivity contribution is 6.29. The number of rotatable bonds is 7. The summed E-state index contributed by atoms with van der Waals surface area (Å²) >= 11 is 5.70. The lowest BCUT2D eigenvalue weighted by Gasteiger charge is -2.21. The van der Waals surface area contributed by atoms with Crippen LogP contribution in [0.4, 0.5) is 0 Å². The number of ether oxygens (including phenoxy) is 2. The Kier molecular flexibility index (Phi) is 6.89. The van der Waals surface area contributed by atoms with Gasteiger partial charge in [0.1, 0.15) is 10.8 Å². The Balaban J connectivity index is 2.75. The minimum atomic E-state index is -0.391. The molecule has 0 atom stereocenters. The Labute approximate surface area is 121 Å². The van der Waals surface area contributed by atoms with Crippen molar-refractivity contribution < 1.29 is 19.1 Å². The predicted molar refractivity (Wildman–Crippen MR) is 71.5 cm³/mol. The zero-order chi connectivity index (χ0) is 15.0. The van der Waals surface area contributed by atoms with E-state index in [1.807, 2.05) is 0 Å². The van der Waals surface area contributed by atoms with E-state index >= 15 is 0 Å². The molecule has 0 unspecified atom stereocenters. The van der Waals surface area contributed by atoms with Gasteiger partial charge in [-0.2, -0.15) is 0 Å². The summed E-state index contributed by atoms with van der Waals surface area (Å²) in [5.74, 6) is -0.752. The number of carbonyl (C=O) groups is 2. The number of hydrogen-bond acceptors (Lipinski definition) is 6. The molecule has 7 nitrogen and oxygen atoms in total. The molecule has 0 saturated heterocycles. The SMILES string of the molecule is COCCN(CCC(=O)OC)C(=O)c1cncc(Cl)n1. The van der Waals surface area contributed by atoms with Gasteiger partial charge in [0.2, 0.25) is 0 Å². The van der Waals surface area contributed by atoms with Gasteiger partial charge in [-0.05, 0) is 0 Å². The zero-order valence-electron chi connectivity index (χ0n) is 11.3. The van der Waals surface area contributed by atoms with Crippen LogP contribution in [0.1, 0.15) is 16.9 Å². The lowest BCUT2D eigenvalue weighted by molar-refractivity contribution is -0.140. The highest BCUT2D eigenvalue weighted by Gasteiger charge is 2.18. The number of aromatic nitrogens is 2. The largest absolute Gasteiger partial charge is 0.469 e. The molecule has 8 heteroatoms. The number of nitrogens with zero attached hydrogens (tertiary/aromatic N) is 3. The maximum absolute atomic E-state index is 12.3. The van der Waals surface area contributed by atoms with Crippen molar-refractivity contribution in [3.05, 3.63) is 23.2 Å². The predicted octanol–water partition coefficient (Wildman–Crippen LogP) is 0.782. The molecule has 20 heavy (non-hydrogen) atoms. The fraction of sp³-hybridized carbons (Fsp3) is 0.500. The molecule has 0 aromatic carbocycles. The molecule has 0 aliphatic heterocycles. The summed E-state index contributed by atoms with van der Waals surface area (Å²) in [7, 11) is 2.83. The maximum Gasteiger partial charge on any atom is 0.307 e. The molecule has 1 heterocycles. The van der Waals surface area contributed by atoms with Gasteiger partial charge in [0.05, 0.1) is 32.5 Å². The molecule has 1 amide bonds. The van der Waals surface area contributed by atoms with Crippen LogP contribution in [0.5, 0.6) is 0 Å². The van der Waals surface area contributed by atoms with Gasteiger partial charge >= 0.3 is 5.97 Å². The Morgan fingerprint density at radius 1 is 1.30 bits per heavy atom. The van der Waals surface area contributed by atoms with Crippen molar-refractivity contribution >= 4 is 23.5 Å². The van der Waals surface area contributed by atoms with Gasteiger partial charge in [-0.15, -0.1) is 0 Å². The number of hydrogen-bond donors (Lipinski definition) is 0. The molecule has 110 valence electrons. The summed E-state index contributed by atoms with van der Waals surface area (Å²) in [6.07, 6.45) is 2.76. The first-order valence-electron chi connectivity index (χ1n) is 5.91. The van der Waals surface area contributed by atoms with Gasteiger partial charge in [0.15, 0.2) is 0 Å². The van der Waals surface area contributed by atoms with E-state index < -0.39 is 5.97 Å². The van der Waals surface area contributed by atoms with E-state index in [-0.39, 0.29) is 29.7 Å². The average Bonchev–Trinajstić information content (AvgIpc) is 2.46. The van der Waals surface area contributed by atoms with Crippen molar-refractivity contribution in [3.8, 4) is 0 Å². The molecule has 0 saturated carbocycles. The van der Waals surface area contributed by atoms with E-state index in [1.165, 1.54) is 31.5 Å². The van der Waals surface area contributed by atoms with Crippen molar-refractivity contribution in [2.75, 3.05) is 33.9 Å². The molecule has 1 aromatic heterocycles. The van der Waals surface area contributed by atoms with E-state index in [2.05, 4.69) is 14.7 Å². The van der Waals surface area contributed by atoms with Crippen molar-refractivity contribution in [1.29, 1.82) is 0 Å². The number of amides is 1. The highest BCUT2D eigenvalue weighted by Crippen LogP contribution is 2.06. The Morgan fingerprint density at radius 3 is 2.65 bits per heavy atom. The fourth-order valence-electron chi connectivity index (χ4n) is 1.45. The smallest absolute Gasteiger partial charge is 0.307 e. The second-order valence-electron chi connectivity index (χ2n) is 3.84. The molecular formula is C12H16ClN3O4. The van der Waals surface area contributed by atoms with Crippen LogP contribution in [0.3, 0.4) is 0 Å². The molecule has 0 aliphatic rings. The van der Waals surface area contributed by atoms with E-state index in [1.54, 1.807) is 0 Å². The third-order valence-corrected chi connectivity index (χ3v) is 2.67. The normalized spacial score (nSPS) is 10.2. The van der Waals surface area contributed by atoms with Crippen LogP contribution in [-0.2, 0) is 14.3 Å². The third kappa shape index (κ3) is 5.10. The lowest BCUT2D eigenvalue weighted by Crippen LogP contribution is -2.36. The van der Waals surface area contributed by atoms with Gasteiger partial charge in [0.25, 0.3) is 5.91 Å². The highest BCUT2D eigenvalue weighted by atomic mass is 35.5. The Hall–Kier alpha value is -1.73. The first-order chi connectivity index (χ1) is 9.58. The van der Waals surface area contributed by atoms with Crippen LogP contribution in [0.15, 0.2) is 12.4 Å². The first kappa shape index (κ1) is 16.3. The minimum absolute atomic E-state index is 0.0972. The first-order valence-corrected chi connectivity index (χ1v) is 6.29. The Bertz CT molecular complexity index is 470. The van der Waals surface area contributed by atoms with Crippen molar-refractivity contribution in [2.24, 2.45) is 0 Å². The van der Waals surface area contributed by atoms with Gasteiger partial charge in [-0.25, -0.2) is 4.98 Å². The fourth-order valence-corrected chi connectivity index (χ4v) is 1.60. The van der Waals surface area contributed by atoms with Crippen molar-refractivity contribution in [2.45, 2.75) is 6.42 Å². The van der Waals surface area contributed by atoms with E-state index in [0.717, 1.165) is 0 Å². The number of carbonyl (C=O) groups excluding carboxylic acids is 2. The van der Waals surface area contributed by atoms with Crippen LogP contribution in [0, 0.1) is 0 Å². The molecule has 0 fully saturated rings. The molecule has 1 rings (SSSR count). The topological polar surface area (TPSA) is 81.6 Å². The second-order valence-corrected chi connectivity index (χ2v) is 4.23.